The van der Waals surface area contributed by atoms with Crippen molar-refractivity contribution in [3.8, 4) is 5.75 Å². The van der Waals surface area contributed by atoms with E-state index in [9.17, 15) is 0 Å². The van der Waals surface area contributed by atoms with Crippen molar-refractivity contribution in [3.05, 3.63) is 29.8 Å². The first-order valence-corrected chi connectivity index (χ1v) is 6.86. The molecule has 0 amide bonds. The van der Waals surface area contributed by atoms with Gasteiger partial charge in [0.25, 0.3) is 0 Å². The van der Waals surface area contributed by atoms with Gasteiger partial charge in [0, 0.05) is 0 Å². The fourth-order valence-electron chi connectivity index (χ4n) is 1.22. The molecule has 0 spiro atoms. The van der Waals surface area contributed by atoms with Gasteiger partial charge in [-0.25, -0.2) is 0 Å². The average Bonchev–Trinajstić information content (AvgIpc) is 2.15. The topological polar surface area (TPSA) is 83.8 Å². The third-order valence-corrected chi connectivity index (χ3v) is 2.42. The Morgan fingerprint density at radius 2 is 1.94 bits per heavy atom. The van der Waals surface area contributed by atoms with E-state index >= 15 is 0 Å². The second-order valence-electron chi connectivity index (χ2n) is 3.20. The summed E-state index contributed by atoms with van der Waals surface area (Å²) in [4.78, 5) is 0. The second-order valence-corrected chi connectivity index (χ2v) is 5.25. The molecular formula is C9H9NaO5S. The summed E-state index contributed by atoms with van der Waals surface area (Å²) in [5, 5.41) is 0. The third-order valence-electron chi connectivity index (χ3n) is 1.80. The Morgan fingerprint density at radius 1 is 1.31 bits per heavy atom. The summed E-state index contributed by atoms with van der Waals surface area (Å²) < 4.78 is 38.4. The number of hydrogen-bond acceptors (Lipinski definition) is 3. The van der Waals surface area contributed by atoms with Gasteiger partial charge in [-0.05, 0) is 0 Å². The SMILES string of the molecule is O=S(=O)(O)O.[Na][c]1ccc2c(c1)OCC=C2. The number of hydrogen-bond donors (Lipinski definition) is 2. The molecule has 82 valence electrons. The summed E-state index contributed by atoms with van der Waals surface area (Å²) in [5.41, 5.74) is 1.20. The van der Waals surface area contributed by atoms with Crippen LogP contribution in [0.4, 0.5) is 0 Å². The van der Waals surface area contributed by atoms with Crippen LogP contribution in [0.5, 0.6) is 5.75 Å². The van der Waals surface area contributed by atoms with E-state index in [0.717, 1.165) is 40.3 Å². The van der Waals surface area contributed by atoms with Crippen LogP contribution in [0.1, 0.15) is 5.56 Å². The molecule has 0 bridgehead atoms. The zero-order valence-electron chi connectivity index (χ0n) is 8.62. The second kappa shape index (κ2) is 5.81. The van der Waals surface area contributed by atoms with Crippen LogP contribution in [-0.4, -0.2) is 52.1 Å². The van der Waals surface area contributed by atoms with Crippen LogP contribution in [0.3, 0.4) is 0 Å². The standard InChI is InChI=1S/C9H7O.Na.H2O4S/c1-2-6-9-8(4-1)5-3-7-10-9;;1-5(2,3)4/h1,3-6H,7H2;;(H2,1,2,3,4). The fourth-order valence-corrected chi connectivity index (χ4v) is 1.65. The molecule has 1 aromatic rings. The molecule has 1 aromatic carbocycles. The fraction of sp³-hybridized carbons (Fsp3) is 0.111. The van der Waals surface area contributed by atoms with E-state index in [1.165, 1.54) is 8.38 Å². The third kappa shape index (κ3) is 5.64. The Hall–Kier alpha value is -0.370. The van der Waals surface area contributed by atoms with Gasteiger partial charge in [0.2, 0.25) is 0 Å². The molecule has 0 unspecified atom stereocenters. The van der Waals surface area contributed by atoms with Crippen molar-refractivity contribution >= 4 is 47.2 Å². The molecule has 1 heterocycles. The summed E-state index contributed by atoms with van der Waals surface area (Å²) in [7, 11) is -4.67. The zero-order valence-corrected chi connectivity index (χ0v) is 11.4. The van der Waals surface area contributed by atoms with Crippen molar-refractivity contribution in [1.29, 1.82) is 0 Å². The molecule has 1 aliphatic heterocycles. The molecule has 0 atom stereocenters. The van der Waals surface area contributed by atoms with Gasteiger partial charge in [0.1, 0.15) is 0 Å². The maximum absolute atomic E-state index is 8.74. The van der Waals surface area contributed by atoms with E-state index in [-0.39, 0.29) is 0 Å². The summed E-state index contributed by atoms with van der Waals surface area (Å²) in [6.45, 7) is 0.720. The molecule has 1 aliphatic rings. The number of fused-ring (bicyclic) bond motifs is 1. The maximum atomic E-state index is 8.74. The molecule has 5 nitrogen and oxygen atoms in total. The molecule has 0 saturated carbocycles. The molecule has 0 saturated heterocycles. The number of ether oxygens (including phenoxy) is 1. The van der Waals surface area contributed by atoms with Crippen LogP contribution in [0.25, 0.3) is 6.08 Å². The van der Waals surface area contributed by atoms with E-state index in [2.05, 4.69) is 24.3 Å². The quantitative estimate of drug-likeness (QED) is 0.510. The molecule has 7 heteroatoms. The van der Waals surface area contributed by atoms with Gasteiger partial charge in [-0.1, -0.05) is 0 Å². The predicted octanol–water partition coefficient (Wildman–Crippen LogP) is 0.233. The first-order chi connectivity index (χ1) is 7.36. The number of rotatable bonds is 0. The van der Waals surface area contributed by atoms with E-state index in [0.29, 0.717) is 0 Å². The summed E-state index contributed by atoms with van der Waals surface area (Å²) >= 11 is 1.10. The minimum atomic E-state index is -4.67. The van der Waals surface area contributed by atoms with E-state index in [1.807, 2.05) is 6.08 Å². The Labute approximate surface area is 111 Å². The Bertz CT molecular complexity index is 487. The summed E-state index contributed by atoms with van der Waals surface area (Å²) in [5.74, 6) is 1.04. The zero-order chi connectivity index (χ0) is 12.2. The van der Waals surface area contributed by atoms with E-state index in [1.54, 1.807) is 0 Å². The van der Waals surface area contributed by atoms with Gasteiger partial charge < -0.3 is 0 Å². The molecule has 2 N–H and O–H groups in total. The predicted molar refractivity (Wildman–Crippen MR) is 60.5 cm³/mol. The average molecular weight is 252 g/mol. The van der Waals surface area contributed by atoms with Crippen molar-refractivity contribution in [2.24, 2.45) is 0 Å². The summed E-state index contributed by atoms with van der Waals surface area (Å²) in [6, 6.07) is 6.41. The molecule has 2 rings (SSSR count). The van der Waals surface area contributed by atoms with Gasteiger partial charge in [0.15, 0.2) is 0 Å². The first-order valence-electron chi connectivity index (χ1n) is 4.46. The molecule has 0 aliphatic carbocycles. The Morgan fingerprint density at radius 3 is 2.56 bits per heavy atom. The summed E-state index contributed by atoms with van der Waals surface area (Å²) in [6.07, 6.45) is 4.15. The van der Waals surface area contributed by atoms with E-state index < -0.39 is 10.4 Å². The molecule has 0 aromatic heterocycles. The van der Waals surface area contributed by atoms with Crippen molar-refractivity contribution in [1.82, 2.24) is 0 Å². The van der Waals surface area contributed by atoms with Gasteiger partial charge in [-0.15, -0.1) is 0 Å². The number of benzene rings is 1. The van der Waals surface area contributed by atoms with Crippen LogP contribution in [-0.2, 0) is 10.4 Å². The van der Waals surface area contributed by atoms with Crippen LogP contribution in [0, 0.1) is 0 Å². The van der Waals surface area contributed by atoms with Gasteiger partial charge in [-0.2, -0.15) is 8.42 Å². The Kier molecular flexibility index (Phi) is 4.97. The monoisotopic (exact) mass is 252 g/mol. The van der Waals surface area contributed by atoms with Gasteiger partial charge in [0.05, 0.1) is 0 Å². The minimum absolute atomic E-state index is 0.720. The van der Waals surface area contributed by atoms with Crippen molar-refractivity contribution < 1.29 is 22.3 Å². The van der Waals surface area contributed by atoms with Gasteiger partial charge in [-0.3, -0.25) is 9.11 Å². The van der Waals surface area contributed by atoms with Gasteiger partial charge >= 0.3 is 94.2 Å². The molecule has 16 heavy (non-hydrogen) atoms. The van der Waals surface area contributed by atoms with Crippen molar-refractivity contribution in [2.75, 3.05) is 6.61 Å². The molecule has 0 radical (unpaired) electrons. The van der Waals surface area contributed by atoms with Crippen molar-refractivity contribution in [3.63, 3.8) is 0 Å². The normalized spacial score (nSPS) is 13.2. The van der Waals surface area contributed by atoms with E-state index in [4.69, 9.17) is 22.3 Å². The Balaban J connectivity index is 0.000000221. The molecular weight excluding hydrogens is 243 g/mol. The van der Waals surface area contributed by atoms with Crippen LogP contribution in [0.15, 0.2) is 24.3 Å². The molecule has 0 fully saturated rings. The first kappa shape index (κ1) is 13.7. The van der Waals surface area contributed by atoms with Crippen LogP contribution < -0.4 is 7.55 Å². The van der Waals surface area contributed by atoms with Crippen molar-refractivity contribution in [2.45, 2.75) is 0 Å². The van der Waals surface area contributed by atoms with Crippen LogP contribution in [0.2, 0.25) is 0 Å². The van der Waals surface area contributed by atoms with Crippen LogP contribution >= 0.6 is 0 Å².